The van der Waals surface area contributed by atoms with Gasteiger partial charge in [-0.3, -0.25) is 14.4 Å². The molecule has 0 bridgehead atoms. The average molecular weight is 511 g/mol. The van der Waals surface area contributed by atoms with E-state index in [1.807, 2.05) is 86.3 Å². The first-order chi connectivity index (χ1) is 17.2. The van der Waals surface area contributed by atoms with Crippen molar-refractivity contribution in [1.82, 2.24) is 15.1 Å². The van der Waals surface area contributed by atoms with E-state index in [1.54, 1.807) is 4.90 Å². The number of carbonyl (C=O) groups excluding carboxylic acids is 3. The monoisotopic (exact) mass is 510 g/mol. The van der Waals surface area contributed by atoms with Crippen LogP contribution in [-0.2, 0) is 14.4 Å². The zero-order chi connectivity index (χ0) is 25.9. The summed E-state index contributed by atoms with van der Waals surface area (Å²) in [6, 6.07) is 19.4. The van der Waals surface area contributed by atoms with Crippen LogP contribution in [0.4, 0.5) is 5.69 Å². The second kappa shape index (κ2) is 10.5. The van der Waals surface area contributed by atoms with Gasteiger partial charge in [-0.25, -0.2) is 0 Å². The summed E-state index contributed by atoms with van der Waals surface area (Å²) in [6.45, 7) is 6.89. The van der Waals surface area contributed by atoms with Crippen molar-refractivity contribution in [2.75, 3.05) is 37.1 Å². The molecule has 1 spiro atoms. The molecule has 2 aromatic carbocycles. The van der Waals surface area contributed by atoms with Crippen LogP contribution in [-0.4, -0.2) is 65.2 Å². The highest BCUT2D eigenvalue weighted by Crippen LogP contribution is 2.40. The van der Waals surface area contributed by atoms with E-state index in [0.717, 1.165) is 11.3 Å². The number of para-hydroxylation sites is 1. The van der Waals surface area contributed by atoms with Gasteiger partial charge in [0.15, 0.2) is 0 Å². The first-order valence-electron chi connectivity index (χ1n) is 12.5. The average Bonchev–Trinajstić information content (AvgIpc) is 3.15. The number of carbonyl (C=O) groups is 3. The molecule has 0 unspecified atom stereocenters. The van der Waals surface area contributed by atoms with E-state index in [-0.39, 0.29) is 36.2 Å². The van der Waals surface area contributed by atoms with Gasteiger partial charge in [-0.15, -0.1) is 11.6 Å². The molecule has 2 heterocycles. The number of anilines is 1. The molecule has 192 valence electrons. The van der Waals surface area contributed by atoms with Crippen molar-refractivity contribution in [2.45, 2.75) is 45.2 Å². The van der Waals surface area contributed by atoms with Gasteiger partial charge in [0.2, 0.25) is 11.8 Å². The Labute approximate surface area is 218 Å². The van der Waals surface area contributed by atoms with E-state index in [1.165, 1.54) is 0 Å². The molecule has 2 saturated heterocycles. The molecular formula is C28H35ClN4O3. The predicted molar refractivity (Wildman–Crippen MR) is 142 cm³/mol. The second-order valence-electron chi connectivity index (χ2n) is 10.4. The van der Waals surface area contributed by atoms with Gasteiger partial charge in [0.1, 0.15) is 12.1 Å². The van der Waals surface area contributed by atoms with Gasteiger partial charge in [-0.2, -0.15) is 0 Å². The molecule has 7 nitrogen and oxygen atoms in total. The summed E-state index contributed by atoms with van der Waals surface area (Å²) in [7, 11) is 0. The smallest absolute Gasteiger partial charge is 0.250 e. The molecule has 36 heavy (non-hydrogen) atoms. The summed E-state index contributed by atoms with van der Waals surface area (Å²) < 4.78 is 0. The van der Waals surface area contributed by atoms with Crippen molar-refractivity contribution >= 4 is 35.0 Å². The first kappa shape index (κ1) is 26.0. The van der Waals surface area contributed by atoms with Gasteiger partial charge < -0.3 is 20.0 Å². The lowest BCUT2D eigenvalue weighted by Gasteiger charge is -2.44. The van der Waals surface area contributed by atoms with E-state index in [4.69, 9.17) is 11.6 Å². The number of nitrogens with zero attached hydrogens (tertiary/aromatic N) is 3. The highest BCUT2D eigenvalue weighted by atomic mass is 35.5. The lowest BCUT2D eigenvalue weighted by Crippen LogP contribution is -2.58. The van der Waals surface area contributed by atoms with Crippen LogP contribution in [0.3, 0.4) is 0 Å². The Balaban J connectivity index is 1.51. The van der Waals surface area contributed by atoms with E-state index < -0.39 is 11.0 Å². The fourth-order valence-corrected chi connectivity index (χ4v) is 5.29. The van der Waals surface area contributed by atoms with E-state index in [0.29, 0.717) is 32.6 Å². The third-order valence-corrected chi connectivity index (χ3v) is 8.05. The Hall–Kier alpha value is -3.06. The molecule has 0 radical (unpaired) electrons. The van der Waals surface area contributed by atoms with Crippen LogP contribution in [0.5, 0.6) is 0 Å². The topological polar surface area (TPSA) is 73.0 Å². The Kier molecular flexibility index (Phi) is 7.59. The predicted octanol–water partition coefficient (Wildman–Crippen LogP) is 3.80. The number of piperidine rings is 1. The summed E-state index contributed by atoms with van der Waals surface area (Å²) in [5.74, 6) is 0.00123. The maximum atomic E-state index is 13.9. The maximum absolute atomic E-state index is 13.9. The maximum Gasteiger partial charge on any atom is 0.250 e. The van der Waals surface area contributed by atoms with Crippen LogP contribution in [0.1, 0.15) is 45.2 Å². The third-order valence-electron chi connectivity index (χ3n) is 7.38. The summed E-state index contributed by atoms with van der Waals surface area (Å²) >= 11 is 6.04. The summed E-state index contributed by atoms with van der Waals surface area (Å²) in [5.41, 5.74) is 0.518. The van der Waals surface area contributed by atoms with Crippen molar-refractivity contribution in [3.05, 3.63) is 66.2 Å². The van der Waals surface area contributed by atoms with Gasteiger partial charge in [-0.05, 0) is 51.3 Å². The summed E-state index contributed by atoms with van der Waals surface area (Å²) in [5, 5.41) is 3.02. The van der Waals surface area contributed by atoms with Gasteiger partial charge in [0.25, 0.3) is 5.91 Å². The summed E-state index contributed by atoms with van der Waals surface area (Å²) in [4.78, 5) is 45.4. The Morgan fingerprint density at radius 1 is 1.03 bits per heavy atom. The molecule has 8 heteroatoms. The molecule has 0 aliphatic carbocycles. The second-order valence-corrected chi connectivity index (χ2v) is 10.7. The number of hydrogen-bond acceptors (Lipinski definition) is 4. The normalized spacial score (nSPS) is 18.4. The van der Waals surface area contributed by atoms with Crippen LogP contribution in [0.25, 0.3) is 0 Å². The molecular weight excluding hydrogens is 476 g/mol. The zero-order valence-electron chi connectivity index (χ0n) is 21.2. The van der Waals surface area contributed by atoms with Crippen LogP contribution >= 0.6 is 11.6 Å². The van der Waals surface area contributed by atoms with E-state index in [9.17, 15) is 14.4 Å². The largest absolute Gasteiger partial charge is 0.348 e. The van der Waals surface area contributed by atoms with Gasteiger partial charge in [0.05, 0.1) is 18.1 Å². The first-order valence-corrected chi connectivity index (χ1v) is 13.0. The Bertz CT molecular complexity index is 1080. The molecule has 2 aliphatic rings. The molecule has 0 aromatic heterocycles. The molecule has 0 saturated carbocycles. The van der Waals surface area contributed by atoms with Gasteiger partial charge in [0, 0.05) is 24.7 Å². The Morgan fingerprint density at radius 3 is 2.19 bits per heavy atom. The molecule has 2 aromatic rings. The number of nitrogens with one attached hydrogen (secondary N) is 1. The number of amides is 3. The molecule has 4 rings (SSSR count). The molecule has 3 amide bonds. The number of benzene rings is 2. The van der Waals surface area contributed by atoms with Crippen LogP contribution in [0.2, 0.25) is 0 Å². The van der Waals surface area contributed by atoms with Crippen molar-refractivity contribution in [2.24, 2.45) is 5.41 Å². The number of rotatable bonds is 7. The van der Waals surface area contributed by atoms with Crippen LogP contribution in [0.15, 0.2) is 60.7 Å². The third kappa shape index (κ3) is 5.07. The van der Waals surface area contributed by atoms with Gasteiger partial charge >= 0.3 is 0 Å². The van der Waals surface area contributed by atoms with Crippen molar-refractivity contribution < 1.29 is 14.4 Å². The number of halogens is 1. The minimum atomic E-state index is -0.783. The van der Waals surface area contributed by atoms with Crippen LogP contribution < -0.4 is 10.2 Å². The van der Waals surface area contributed by atoms with Crippen molar-refractivity contribution in [1.29, 1.82) is 0 Å². The molecule has 2 aliphatic heterocycles. The quantitative estimate of drug-likeness (QED) is 0.575. The Morgan fingerprint density at radius 2 is 1.61 bits per heavy atom. The molecule has 2 fully saturated rings. The van der Waals surface area contributed by atoms with Crippen molar-refractivity contribution in [3.63, 3.8) is 0 Å². The van der Waals surface area contributed by atoms with E-state index >= 15 is 0 Å². The number of hydrogen-bond donors (Lipinski definition) is 1. The fourth-order valence-electron chi connectivity index (χ4n) is 5.17. The van der Waals surface area contributed by atoms with Gasteiger partial charge in [-0.1, -0.05) is 48.5 Å². The molecule has 1 N–H and O–H groups in total. The highest BCUT2D eigenvalue weighted by molar-refractivity contribution is 6.19. The lowest BCUT2D eigenvalue weighted by molar-refractivity contribution is -0.144. The SMILES string of the molecule is C[C@H](NC(=O)CN1CN(c2ccccc2)C2(CCN(C(=O)C(C)(C)CCl)CC2)C1=O)c1ccccc1. The fraction of sp³-hybridized carbons (Fsp3) is 0.464. The number of alkyl halides is 1. The summed E-state index contributed by atoms with van der Waals surface area (Å²) in [6.07, 6.45) is 1.01. The zero-order valence-corrected chi connectivity index (χ0v) is 22.0. The minimum Gasteiger partial charge on any atom is -0.348 e. The lowest BCUT2D eigenvalue weighted by atomic mass is 9.84. The minimum absolute atomic E-state index is 0.00944. The van der Waals surface area contributed by atoms with E-state index in [2.05, 4.69) is 10.2 Å². The van der Waals surface area contributed by atoms with Crippen molar-refractivity contribution in [3.8, 4) is 0 Å². The molecule has 1 atom stereocenters. The standard InChI is InChI=1S/C28H35ClN4O3/c1-21(22-10-6-4-7-11-22)30-24(34)18-32-20-33(23-12-8-5-9-13-23)28(26(32)36)14-16-31(17-15-28)25(35)27(2,3)19-29/h4-13,21H,14-20H2,1-3H3,(H,30,34)/t21-/m0/s1. The highest BCUT2D eigenvalue weighted by Gasteiger charge is 2.54. The number of likely N-dealkylation sites (tertiary alicyclic amines) is 1. The van der Waals surface area contributed by atoms with Crippen LogP contribution in [0, 0.1) is 5.41 Å².